The predicted molar refractivity (Wildman–Crippen MR) is 91.9 cm³/mol. The largest absolute Gasteiger partial charge is 0.508 e. The summed E-state index contributed by atoms with van der Waals surface area (Å²) in [5.74, 6) is 0.912. The molecule has 3 atom stereocenters. The van der Waals surface area contributed by atoms with Gasteiger partial charge in [0.1, 0.15) is 5.75 Å². The molecule has 0 spiro atoms. The third-order valence-corrected chi connectivity index (χ3v) is 5.07. The summed E-state index contributed by atoms with van der Waals surface area (Å²) in [4.78, 5) is -0.809. The van der Waals surface area contributed by atoms with Crippen LogP contribution in [0.25, 0.3) is 0 Å². The summed E-state index contributed by atoms with van der Waals surface area (Å²) in [7, 11) is 0. The fourth-order valence-corrected chi connectivity index (χ4v) is 4.62. The number of phenolic OH excluding ortho intramolecular Hbond substituents is 1. The Bertz CT molecular complexity index is 463. The number of hydrogen-bond acceptors (Lipinski definition) is 1. The van der Waals surface area contributed by atoms with Crippen molar-refractivity contribution in [3.05, 3.63) is 29.8 Å². The van der Waals surface area contributed by atoms with Gasteiger partial charge in [-0.15, -0.1) is 34.8 Å². The number of hydrogen-bond donors (Lipinski definition) is 1. The maximum atomic E-state index is 9.33. The molecule has 0 radical (unpaired) electrons. The van der Waals surface area contributed by atoms with E-state index in [9.17, 15) is 5.11 Å². The van der Waals surface area contributed by atoms with E-state index in [-0.39, 0.29) is 16.0 Å². The highest BCUT2D eigenvalue weighted by Gasteiger charge is 2.38. The summed E-state index contributed by atoms with van der Waals surface area (Å²) in [6, 6.07) is 7.17. The van der Waals surface area contributed by atoms with Crippen LogP contribution in [-0.2, 0) is 6.42 Å². The minimum atomic E-state index is -0.423. The van der Waals surface area contributed by atoms with Gasteiger partial charge in [-0.2, -0.15) is 0 Å². The van der Waals surface area contributed by atoms with E-state index < -0.39 is 4.87 Å². The molecule has 21 heavy (non-hydrogen) atoms. The van der Waals surface area contributed by atoms with E-state index in [0.29, 0.717) is 18.8 Å². The number of aromatic hydroxyl groups is 1. The molecule has 118 valence electrons. The lowest BCUT2D eigenvalue weighted by Gasteiger charge is -2.33. The van der Waals surface area contributed by atoms with Crippen LogP contribution in [0, 0.1) is 5.92 Å². The van der Waals surface area contributed by atoms with Crippen molar-refractivity contribution in [3.63, 3.8) is 0 Å². The van der Waals surface area contributed by atoms with E-state index in [1.54, 1.807) is 12.1 Å². The first-order valence-electron chi connectivity index (χ1n) is 7.47. The van der Waals surface area contributed by atoms with E-state index in [0.717, 1.165) is 12.0 Å². The molecule has 1 N–H and O–H groups in total. The zero-order valence-corrected chi connectivity index (χ0v) is 14.8. The van der Waals surface area contributed by atoms with Gasteiger partial charge < -0.3 is 5.11 Å². The Hall–Kier alpha value is -0.110. The third-order valence-electron chi connectivity index (χ3n) is 4.00. The maximum Gasteiger partial charge on any atom is 0.115 e. The lowest BCUT2D eigenvalue weighted by molar-refractivity contribution is 0.428. The number of benzene rings is 1. The molecule has 4 heteroatoms. The molecule has 1 aliphatic rings. The zero-order valence-electron chi connectivity index (χ0n) is 12.6. The summed E-state index contributed by atoms with van der Waals surface area (Å²) >= 11 is 19.8. The van der Waals surface area contributed by atoms with Crippen LogP contribution in [-0.4, -0.2) is 20.2 Å². The van der Waals surface area contributed by atoms with Crippen LogP contribution in [0.2, 0.25) is 0 Å². The van der Waals surface area contributed by atoms with Gasteiger partial charge in [-0.1, -0.05) is 12.1 Å². The lowest BCUT2D eigenvalue weighted by Crippen LogP contribution is -2.33. The molecule has 1 aromatic rings. The highest BCUT2D eigenvalue weighted by atomic mass is 35.5. The molecule has 1 aromatic carbocycles. The van der Waals surface area contributed by atoms with Crippen molar-refractivity contribution in [2.24, 2.45) is 5.92 Å². The van der Waals surface area contributed by atoms with Gasteiger partial charge in [-0.25, -0.2) is 0 Å². The SMILES string of the molecule is CC(Cl)(Cc1ccc(O)cc1)CC(C)(Cl)CC(Cl)C1CC1. The van der Waals surface area contributed by atoms with Gasteiger partial charge in [-0.05, 0) is 69.6 Å². The second kappa shape index (κ2) is 6.56. The van der Waals surface area contributed by atoms with Crippen LogP contribution < -0.4 is 0 Å². The van der Waals surface area contributed by atoms with Gasteiger partial charge in [0, 0.05) is 15.1 Å². The first-order valence-corrected chi connectivity index (χ1v) is 8.66. The van der Waals surface area contributed by atoms with Crippen LogP contribution in [0.15, 0.2) is 24.3 Å². The topological polar surface area (TPSA) is 20.2 Å². The van der Waals surface area contributed by atoms with Crippen molar-refractivity contribution >= 4 is 34.8 Å². The maximum absolute atomic E-state index is 9.33. The Kier molecular flexibility index (Phi) is 5.39. The number of alkyl halides is 3. The zero-order chi connectivity index (χ0) is 15.7. The summed E-state index contributed by atoms with van der Waals surface area (Å²) in [5, 5.41) is 9.49. The molecule has 1 aliphatic carbocycles. The molecule has 0 saturated heterocycles. The quantitative estimate of drug-likeness (QED) is 0.623. The van der Waals surface area contributed by atoms with E-state index in [2.05, 4.69) is 0 Å². The summed E-state index contributed by atoms with van der Waals surface area (Å²) in [6.45, 7) is 4.05. The van der Waals surface area contributed by atoms with Gasteiger partial charge in [0.15, 0.2) is 0 Å². The molecule has 0 heterocycles. The molecule has 2 rings (SSSR count). The number of rotatable bonds is 7. The van der Waals surface area contributed by atoms with Crippen LogP contribution in [0.1, 0.15) is 45.1 Å². The Morgan fingerprint density at radius 3 is 2.24 bits per heavy atom. The van der Waals surface area contributed by atoms with E-state index >= 15 is 0 Å². The summed E-state index contributed by atoms with van der Waals surface area (Å²) < 4.78 is 0. The average molecular weight is 350 g/mol. The van der Waals surface area contributed by atoms with Crippen LogP contribution >= 0.6 is 34.8 Å². The van der Waals surface area contributed by atoms with Gasteiger partial charge in [0.2, 0.25) is 0 Å². The van der Waals surface area contributed by atoms with Gasteiger partial charge in [0.25, 0.3) is 0 Å². The van der Waals surface area contributed by atoms with Gasteiger partial charge in [-0.3, -0.25) is 0 Å². The molecule has 0 aliphatic heterocycles. The second-order valence-electron chi connectivity index (χ2n) is 6.90. The van der Waals surface area contributed by atoms with Crippen LogP contribution in [0.4, 0.5) is 0 Å². The molecule has 1 fully saturated rings. The Labute approximate surface area is 142 Å². The molecule has 0 bridgehead atoms. The minimum absolute atomic E-state index is 0.161. The molecule has 1 nitrogen and oxygen atoms in total. The average Bonchev–Trinajstić information content (AvgIpc) is 3.13. The molecule has 0 aromatic heterocycles. The fourth-order valence-electron chi connectivity index (χ4n) is 2.97. The normalized spacial score (nSPS) is 22.3. The minimum Gasteiger partial charge on any atom is -0.508 e. The predicted octanol–water partition coefficient (Wildman–Crippen LogP) is 5.73. The first-order chi connectivity index (χ1) is 9.67. The monoisotopic (exact) mass is 348 g/mol. The van der Waals surface area contributed by atoms with E-state index in [1.807, 2.05) is 26.0 Å². The highest BCUT2D eigenvalue weighted by molar-refractivity contribution is 6.28. The Morgan fingerprint density at radius 2 is 1.71 bits per heavy atom. The van der Waals surface area contributed by atoms with Crippen molar-refractivity contribution in [2.75, 3.05) is 0 Å². The lowest BCUT2D eigenvalue weighted by atomic mass is 9.87. The smallest absolute Gasteiger partial charge is 0.115 e. The Balaban J connectivity index is 1.93. The first kappa shape index (κ1) is 17.2. The molecule has 1 saturated carbocycles. The van der Waals surface area contributed by atoms with Crippen molar-refractivity contribution in [2.45, 2.75) is 61.1 Å². The fraction of sp³-hybridized carbons (Fsp3) is 0.647. The van der Waals surface area contributed by atoms with Crippen molar-refractivity contribution in [1.82, 2.24) is 0 Å². The van der Waals surface area contributed by atoms with Crippen molar-refractivity contribution < 1.29 is 5.11 Å². The standard InChI is InChI=1S/C17H23Cl3O/c1-16(19,9-12-3-7-14(21)8-4-12)11-17(2,20)10-15(18)13-5-6-13/h3-4,7-8,13,15,21H,5-6,9-11H2,1-2H3. The number of phenols is 1. The van der Waals surface area contributed by atoms with E-state index in [4.69, 9.17) is 34.8 Å². The van der Waals surface area contributed by atoms with Crippen LogP contribution in [0.3, 0.4) is 0 Å². The van der Waals surface area contributed by atoms with Gasteiger partial charge in [0.05, 0.1) is 0 Å². The number of halogens is 3. The summed E-state index contributed by atoms with van der Waals surface area (Å²) in [5.41, 5.74) is 1.10. The Morgan fingerprint density at radius 1 is 1.14 bits per heavy atom. The molecule has 0 amide bonds. The molecular formula is C17H23Cl3O. The molecular weight excluding hydrogens is 327 g/mol. The van der Waals surface area contributed by atoms with Crippen molar-refractivity contribution in [1.29, 1.82) is 0 Å². The highest BCUT2D eigenvalue weighted by Crippen LogP contribution is 2.43. The molecule has 3 unspecified atom stereocenters. The van der Waals surface area contributed by atoms with Gasteiger partial charge >= 0.3 is 0 Å². The van der Waals surface area contributed by atoms with Crippen molar-refractivity contribution in [3.8, 4) is 5.75 Å². The van der Waals surface area contributed by atoms with E-state index in [1.165, 1.54) is 12.8 Å². The second-order valence-corrected chi connectivity index (χ2v) is 9.29. The summed E-state index contributed by atoms with van der Waals surface area (Å²) in [6.07, 6.45) is 4.66. The van der Waals surface area contributed by atoms with Crippen LogP contribution in [0.5, 0.6) is 5.75 Å². The third kappa shape index (κ3) is 5.88.